The van der Waals surface area contributed by atoms with Crippen molar-refractivity contribution in [3.8, 4) is 11.8 Å². The third-order valence-corrected chi connectivity index (χ3v) is 5.09. The molecule has 32 heavy (non-hydrogen) atoms. The molecule has 0 aliphatic carbocycles. The highest BCUT2D eigenvalue weighted by molar-refractivity contribution is 6.46. The summed E-state index contributed by atoms with van der Waals surface area (Å²) in [6, 6.07) is 18.9. The molecular formula is C25H18FN3O3. The molecule has 0 unspecified atom stereocenters. The first-order chi connectivity index (χ1) is 15.4. The van der Waals surface area contributed by atoms with Crippen LogP contribution >= 0.6 is 0 Å². The lowest BCUT2D eigenvalue weighted by Crippen LogP contribution is -2.32. The molecule has 0 bridgehead atoms. The molecule has 0 fully saturated rings. The number of aryl methyl sites for hydroxylation is 1. The predicted molar refractivity (Wildman–Crippen MR) is 118 cm³/mol. The van der Waals surface area contributed by atoms with Crippen LogP contribution in [-0.2, 0) is 9.59 Å². The summed E-state index contributed by atoms with van der Waals surface area (Å²) in [5.74, 6) is -1.08. The molecule has 158 valence electrons. The van der Waals surface area contributed by atoms with Crippen molar-refractivity contribution < 1.29 is 18.7 Å². The van der Waals surface area contributed by atoms with Gasteiger partial charge in [0, 0.05) is 0 Å². The van der Waals surface area contributed by atoms with Crippen LogP contribution in [0.4, 0.5) is 15.8 Å². The lowest BCUT2D eigenvalue weighted by atomic mass is 10.0. The van der Waals surface area contributed by atoms with Gasteiger partial charge in [-0.15, -0.1) is 0 Å². The van der Waals surface area contributed by atoms with E-state index in [4.69, 9.17) is 10.00 Å². The van der Waals surface area contributed by atoms with Gasteiger partial charge in [-0.2, -0.15) is 5.26 Å². The van der Waals surface area contributed by atoms with Gasteiger partial charge < -0.3 is 10.1 Å². The van der Waals surface area contributed by atoms with E-state index in [0.29, 0.717) is 28.3 Å². The number of hydrogen-bond donors (Lipinski definition) is 1. The summed E-state index contributed by atoms with van der Waals surface area (Å²) >= 11 is 0. The first-order valence-corrected chi connectivity index (χ1v) is 9.73. The molecule has 1 heterocycles. The Balaban J connectivity index is 1.84. The van der Waals surface area contributed by atoms with Crippen LogP contribution in [-0.4, -0.2) is 18.9 Å². The summed E-state index contributed by atoms with van der Waals surface area (Å²) in [5.41, 5.74) is 2.74. The minimum absolute atomic E-state index is 0.0508. The summed E-state index contributed by atoms with van der Waals surface area (Å²) < 4.78 is 18.9. The monoisotopic (exact) mass is 427 g/mol. The van der Waals surface area contributed by atoms with Gasteiger partial charge in [-0.3, -0.25) is 9.59 Å². The molecule has 1 aliphatic heterocycles. The van der Waals surface area contributed by atoms with E-state index >= 15 is 0 Å². The van der Waals surface area contributed by atoms with E-state index < -0.39 is 17.6 Å². The third kappa shape index (κ3) is 3.70. The Labute approximate surface area is 184 Å². The number of rotatable bonds is 5. The fraction of sp³-hybridized carbons (Fsp3) is 0.0800. The maximum Gasteiger partial charge on any atom is 0.282 e. The van der Waals surface area contributed by atoms with Crippen LogP contribution in [0.5, 0.6) is 5.75 Å². The van der Waals surface area contributed by atoms with E-state index in [-0.39, 0.29) is 11.3 Å². The van der Waals surface area contributed by atoms with Crippen molar-refractivity contribution in [2.45, 2.75) is 6.92 Å². The van der Waals surface area contributed by atoms with Crippen LogP contribution in [0.15, 0.2) is 72.4 Å². The van der Waals surface area contributed by atoms with Crippen LogP contribution in [0.1, 0.15) is 16.7 Å². The summed E-state index contributed by atoms with van der Waals surface area (Å²) in [7, 11) is 1.51. The van der Waals surface area contributed by atoms with Crippen molar-refractivity contribution in [2.24, 2.45) is 0 Å². The van der Waals surface area contributed by atoms with E-state index in [9.17, 15) is 14.0 Å². The lowest BCUT2D eigenvalue weighted by Gasteiger charge is -2.16. The van der Waals surface area contributed by atoms with E-state index in [1.54, 1.807) is 12.1 Å². The fourth-order valence-electron chi connectivity index (χ4n) is 3.50. The third-order valence-electron chi connectivity index (χ3n) is 5.09. The van der Waals surface area contributed by atoms with Gasteiger partial charge in [0.15, 0.2) is 0 Å². The molecule has 0 saturated heterocycles. The molecule has 0 atom stereocenters. The number of hydrogen-bond acceptors (Lipinski definition) is 5. The van der Waals surface area contributed by atoms with Gasteiger partial charge >= 0.3 is 0 Å². The Kier molecular flexibility index (Phi) is 5.44. The zero-order valence-corrected chi connectivity index (χ0v) is 17.3. The molecule has 4 rings (SSSR count). The molecule has 1 aliphatic rings. The largest absolute Gasteiger partial charge is 0.495 e. The standard InChI is InChI=1S/C25H18FN3O3/c1-15-3-12-21(32-2)20(13-15)28-23-22(17-6-8-18(26)9-7-17)24(30)29(25(23)31)19-10-4-16(14-27)5-11-19/h3-13,28H,1-2H3. The highest BCUT2D eigenvalue weighted by Crippen LogP contribution is 2.36. The van der Waals surface area contributed by atoms with Crippen LogP contribution in [0, 0.1) is 24.1 Å². The molecule has 0 radical (unpaired) electrons. The van der Waals surface area contributed by atoms with Gasteiger partial charge in [-0.1, -0.05) is 18.2 Å². The van der Waals surface area contributed by atoms with Crippen molar-refractivity contribution >= 4 is 28.8 Å². The van der Waals surface area contributed by atoms with Crippen molar-refractivity contribution in [2.75, 3.05) is 17.3 Å². The Morgan fingerprint density at radius 2 is 1.66 bits per heavy atom. The topological polar surface area (TPSA) is 82.4 Å². The average molecular weight is 427 g/mol. The number of nitrogens with one attached hydrogen (secondary N) is 1. The van der Waals surface area contributed by atoms with Gasteiger partial charge in [-0.25, -0.2) is 9.29 Å². The Morgan fingerprint density at radius 1 is 0.969 bits per heavy atom. The maximum atomic E-state index is 13.5. The quantitative estimate of drug-likeness (QED) is 0.610. The first-order valence-electron chi connectivity index (χ1n) is 9.73. The van der Waals surface area contributed by atoms with Gasteiger partial charge in [0.05, 0.1) is 35.7 Å². The van der Waals surface area contributed by atoms with Crippen molar-refractivity contribution in [1.29, 1.82) is 5.26 Å². The summed E-state index contributed by atoms with van der Waals surface area (Å²) in [4.78, 5) is 27.8. The lowest BCUT2D eigenvalue weighted by molar-refractivity contribution is -0.120. The van der Waals surface area contributed by atoms with Crippen LogP contribution < -0.4 is 15.0 Å². The first kappa shape index (κ1) is 20.8. The SMILES string of the molecule is COc1ccc(C)cc1NC1=C(c2ccc(F)cc2)C(=O)N(c2ccc(C#N)cc2)C1=O. The second-order valence-electron chi connectivity index (χ2n) is 7.19. The number of nitrogens with zero attached hydrogens (tertiary/aromatic N) is 2. The molecule has 6 nitrogen and oxygen atoms in total. The van der Waals surface area contributed by atoms with E-state index in [1.165, 1.54) is 55.6 Å². The fourth-order valence-corrected chi connectivity index (χ4v) is 3.50. The molecule has 1 N–H and O–H groups in total. The van der Waals surface area contributed by atoms with Crippen LogP contribution in [0.25, 0.3) is 5.57 Å². The number of carbonyl (C=O) groups excluding carboxylic acids is 2. The number of halogens is 1. The van der Waals surface area contributed by atoms with E-state index in [0.717, 1.165) is 10.5 Å². The second kappa shape index (κ2) is 8.36. The Hall–Kier alpha value is -4.44. The molecule has 2 amide bonds. The van der Waals surface area contributed by atoms with Crippen LogP contribution in [0.3, 0.4) is 0 Å². The number of ether oxygens (including phenoxy) is 1. The van der Waals surface area contributed by atoms with E-state index in [1.807, 2.05) is 19.1 Å². The Bertz CT molecular complexity index is 1290. The number of amides is 2. The van der Waals surface area contributed by atoms with Crippen LogP contribution in [0.2, 0.25) is 0 Å². The number of carbonyl (C=O) groups is 2. The van der Waals surface area contributed by atoms with Gasteiger partial charge in [0.25, 0.3) is 11.8 Å². The summed E-state index contributed by atoms with van der Waals surface area (Å²) in [6.45, 7) is 1.89. The zero-order chi connectivity index (χ0) is 22.8. The minimum atomic E-state index is -0.567. The number of imide groups is 1. The molecule has 0 aromatic heterocycles. The molecule has 3 aromatic rings. The smallest absolute Gasteiger partial charge is 0.282 e. The maximum absolute atomic E-state index is 13.5. The van der Waals surface area contributed by atoms with Gasteiger partial charge in [0.1, 0.15) is 17.3 Å². The average Bonchev–Trinajstić information content (AvgIpc) is 3.04. The van der Waals surface area contributed by atoms with E-state index in [2.05, 4.69) is 5.32 Å². The summed E-state index contributed by atoms with van der Waals surface area (Å²) in [5, 5.41) is 12.1. The number of anilines is 2. The zero-order valence-electron chi connectivity index (χ0n) is 17.3. The Morgan fingerprint density at radius 3 is 2.28 bits per heavy atom. The van der Waals surface area contributed by atoms with Crippen molar-refractivity contribution in [1.82, 2.24) is 0 Å². The molecule has 7 heteroatoms. The normalized spacial score (nSPS) is 13.4. The predicted octanol–water partition coefficient (Wildman–Crippen LogP) is 4.41. The summed E-state index contributed by atoms with van der Waals surface area (Å²) in [6.07, 6.45) is 0. The highest BCUT2D eigenvalue weighted by Gasteiger charge is 2.40. The molecule has 3 aromatic carbocycles. The van der Waals surface area contributed by atoms with Gasteiger partial charge in [0.2, 0.25) is 0 Å². The van der Waals surface area contributed by atoms with Crippen molar-refractivity contribution in [3.63, 3.8) is 0 Å². The molecule has 0 spiro atoms. The number of nitriles is 1. The highest BCUT2D eigenvalue weighted by atomic mass is 19.1. The number of methoxy groups -OCH3 is 1. The molecular weight excluding hydrogens is 409 g/mol. The van der Waals surface area contributed by atoms with Crippen molar-refractivity contribution in [3.05, 3.63) is 94.9 Å². The number of benzene rings is 3. The minimum Gasteiger partial charge on any atom is -0.495 e. The second-order valence-corrected chi connectivity index (χ2v) is 7.19. The van der Waals surface area contributed by atoms with Gasteiger partial charge in [-0.05, 0) is 66.6 Å². The molecule has 0 saturated carbocycles.